The van der Waals surface area contributed by atoms with Gasteiger partial charge in [-0.25, -0.2) is 15.0 Å². The van der Waals surface area contributed by atoms with E-state index in [9.17, 15) is 0 Å². The first-order chi connectivity index (χ1) is 35.7. The fourth-order valence-electron chi connectivity index (χ4n) is 10.8. The summed E-state index contributed by atoms with van der Waals surface area (Å²) in [6, 6.07) is 74.5. The summed E-state index contributed by atoms with van der Waals surface area (Å²) < 4.78 is 49.7. The minimum atomic E-state index is -4.62. The van der Waals surface area contributed by atoms with E-state index >= 15 is 13.2 Å². The van der Waals surface area contributed by atoms with Crippen molar-refractivity contribution < 1.29 is 13.2 Å². The zero-order valence-electron chi connectivity index (χ0n) is 39.2. The highest BCUT2D eigenvalue weighted by Gasteiger charge is 2.31. The molecule has 0 saturated carbocycles. The molecule has 0 aliphatic heterocycles. The summed E-state index contributed by atoms with van der Waals surface area (Å²) in [5.74, 6) is 0.512. The molecular weight excluding hydrogens is 908 g/mol. The molecule has 11 aromatic heterocycles. The molecule has 0 radical (unpaired) electrons. The van der Waals surface area contributed by atoms with Crippen LogP contribution in [0.3, 0.4) is 0 Å². The molecule has 11 heterocycles. The van der Waals surface area contributed by atoms with Gasteiger partial charge in [-0.15, -0.1) is 0 Å². The van der Waals surface area contributed by atoms with Crippen molar-refractivity contribution in [2.24, 2.45) is 0 Å². The third kappa shape index (κ3) is 7.05. The van der Waals surface area contributed by atoms with Gasteiger partial charge in [0.05, 0.1) is 38.8 Å². The van der Waals surface area contributed by atoms with Crippen LogP contribution in [0.5, 0.6) is 0 Å². The number of hydrogen-bond acceptors (Lipinski definition) is 3. The molecule has 0 spiro atoms. The van der Waals surface area contributed by atoms with E-state index in [2.05, 4.69) is 127 Å². The van der Waals surface area contributed by atoms with E-state index in [1.165, 1.54) is 17.7 Å². The third-order valence-corrected chi connectivity index (χ3v) is 14.4. The fraction of sp³-hybridized carbons (Fsp3) is 0.0308. The van der Waals surface area contributed by atoms with E-state index in [4.69, 9.17) is 15.0 Å². The topological polar surface area (TPSA) is 48.0 Å². The SMILES string of the molecule is Cc1ccc(-c2ccc3c(c2)c2ccccc2n3-c2cc3ccc2c2ccc(C(F)(F)F)cc2n2c4ccccc4c4cc(ccc42)c2ccc(cc2)c2cccc(c2)c2nc(-c4ccccc4)nc3n2)cc1. The Hall–Kier alpha value is -9.40. The smallest absolute Gasteiger partial charge is 0.309 e. The van der Waals surface area contributed by atoms with Gasteiger partial charge in [0.2, 0.25) is 0 Å². The number of fused-ring (bicyclic) bond motifs is 4. The average Bonchev–Trinajstić information content (AvgIpc) is 3.95. The molecule has 5 nitrogen and oxygen atoms in total. The van der Waals surface area contributed by atoms with Crippen LogP contribution >= 0.6 is 0 Å². The summed E-state index contributed by atoms with van der Waals surface area (Å²) in [5.41, 5.74) is 8.99. The molecule has 0 atom stereocenters. The van der Waals surface area contributed by atoms with Gasteiger partial charge in [0.25, 0.3) is 0 Å². The van der Waals surface area contributed by atoms with Crippen LogP contribution in [0.25, 0.3) is 132 Å². The number of nitrogens with zero attached hydrogens (tertiary/aromatic N) is 5. The zero-order valence-corrected chi connectivity index (χ0v) is 39.2. The molecule has 10 aromatic carbocycles. The average molecular weight is 948 g/mol. The van der Waals surface area contributed by atoms with Crippen molar-refractivity contribution in [2.75, 3.05) is 0 Å². The summed E-state index contributed by atoms with van der Waals surface area (Å²) in [6.07, 6.45) is -4.62. The number of hydrogen-bond donors (Lipinski definition) is 0. The second kappa shape index (κ2) is 16.3. The molecule has 8 heteroatoms. The maximum atomic E-state index is 15.2. The predicted molar refractivity (Wildman–Crippen MR) is 295 cm³/mol. The van der Waals surface area contributed by atoms with Gasteiger partial charge in [-0.2, -0.15) is 13.2 Å². The summed E-state index contributed by atoms with van der Waals surface area (Å²) >= 11 is 0. The molecule has 0 aliphatic rings. The zero-order chi connectivity index (χ0) is 49.0. The lowest BCUT2D eigenvalue weighted by Crippen LogP contribution is -2.05. The minimum Gasteiger partial charge on any atom is -0.309 e. The number of alkyl halides is 3. The Labute approximate surface area is 415 Å². The molecule has 12 bridgehead atoms. The highest BCUT2D eigenvalue weighted by molar-refractivity contribution is 6.15. The van der Waals surface area contributed by atoms with Gasteiger partial charge in [0, 0.05) is 48.7 Å². The van der Waals surface area contributed by atoms with E-state index < -0.39 is 11.7 Å². The Balaban J connectivity index is 1.22. The van der Waals surface area contributed by atoms with Gasteiger partial charge in [-0.3, -0.25) is 0 Å². The first-order valence-corrected chi connectivity index (χ1v) is 24.2. The van der Waals surface area contributed by atoms with Crippen molar-refractivity contribution in [2.45, 2.75) is 13.1 Å². The van der Waals surface area contributed by atoms with Crippen LogP contribution in [0.2, 0.25) is 0 Å². The first-order valence-electron chi connectivity index (χ1n) is 24.2. The maximum absolute atomic E-state index is 15.2. The molecule has 0 N–H and O–H groups in total. The molecule has 21 rings (SSSR count). The number of aryl methyl sites for hydroxylation is 1. The van der Waals surface area contributed by atoms with Crippen LogP contribution in [0, 0.1) is 6.92 Å². The Morgan fingerprint density at radius 2 is 0.890 bits per heavy atom. The van der Waals surface area contributed by atoms with Crippen LogP contribution in [0.15, 0.2) is 224 Å². The Kier molecular flexibility index (Phi) is 9.50. The standard InChI is InChI=1S/C65H40F3N5/c1-39-18-20-40(21-19-39)45-27-32-58-54(35-45)50-14-5-7-16-56(50)72(58)60-37-48-26-30-52(60)53-31-29-49(65(66,67)68)38-61(53)73-57-17-8-6-15-51(57)55-36-46(28-33-59(55)73)42-24-22-41(23-25-42)44-12-9-13-47(34-44)63-69-62(70-64(48)71-63)43-10-3-2-4-11-43/h2-38H,1H3. The lowest BCUT2D eigenvalue weighted by molar-refractivity contribution is -0.137. The minimum absolute atomic E-state index is 0.397. The number of rotatable bonds is 3. The fourth-order valence-corrected chi connectivity index (χ4v) is 10.8. The molecule has 0 fully saturated rings. The molecule has 346 valence electrons. The van der Waals surface area contributed by atoms with Gasteiger partial charge < -0.3 is 8.97 Å². The normalized spacial score (nSPS) is 12.1. The Morgan fingerprint density at radius 1 is 0.342 bits per heavy atom. The summed E-state index contributed by atoms with van der Waals surface area (Å²) in [6.45, 7) is 2.08. The van der Waals surface area contributed by atoms with Crippen LogP contribution in [-0.4, -0.2) is 23.9 Å². The Morgan fingerprint density at radius 3 is 1.64 bits per heavy atom. The van der Waals surface area contributed by atoms with Gasteiger partial charge in [-0.1, -0.05) is 169 Å². The summed E-state index contributed by atoms with van der Waals surface area (Å²) in [7, 11) is 0. The van der Waals surface area contributed by atoms with E-state index in [1.54, 1.807) is 6.07 Å². The molecule has 0 aliphatic carbocycles. The highest BCUT2D eigenvalue weighted by atomic mass is 19.4. The van der Waals surface area contributed by atoms with Crippen molar-refractivity contribution >= 4 is 104 Å². The number of benzene rings is 10. The quantitative estimate of drug-likeness (QED) is 0.177. The predicted octanol–water partition coefficient (Wildman–Crippen LogP) is 17.6. The lowest BCUT2D eigenvalue weighted by atomic mass is 10.0. The largest absolute Gasteiger partial charge is 0.416 e. The van der Waals surface area contributed by atoms with Gasteiger partial charge in [-0.05, 0) is 100 Å². The molecule has 0 unspecified atom stereocenters. The van der Waals surface area contributed by atoms with Crippen LogP contribution in [0.4, 0.5) is 13.2 Å². The highest BCUT2D eigenvalue weighted by Crippen LogP contribution is 2.41. The molecule has 0 amide bonds. The van der Waals surface area contributed by atoms with E-state index in [0.29, 0.717) is 33.4 Å². The van der Waals surface area contributed by atoms with Crippen molar-refractivity contribution in [3.8, 4) is 28.2 Å². The number of para-hydroxylation sites is 2. The van der Waals surface area contributed by atoms with Crippen molar-refractivity contribution in [3.05, 3.63) is 236 Å². The maximum Gasteiger partial charge on any atom is 0.416 e. The van der Waals surface area contributed by atoms with Crippen LogP contribution in [0.1, 0.15) is 11.1 Å². The van der Waals surface area contributed by atoms with E-state index in [1.807, 2.05) is 95.4 Å². The van der Waals surface area contributed by atoms with Crippen LogP contribution in [-0.2, 0) is 6.18 Å². The number of aromatic nitrogens is 5. The van der Waals surface area contributed by atoms with Crippen molar-refractivity contribution in [1.82, 2.24) is 23.9 Å². The lowest BCUT2D eigenvalue weighted by Gasteiger charge is -2.14. The van der Waals surface area contributed by atoms with Crippen LogP contribution < -0.4 is 0 Å². The van der Waals surface area contributed by atoms with E-state index in [-0.39, 0.29) is 0 Å². The molecule has 0 saturated heterocycles. The summed E-state index contributed by atoms with van der Waals surface area (Å²) in [5, 5.41) is 10.8. The van der Waals surface area contributed by atoms with Gasteiger partial charge in [0.1, 0.15) is 0 Å². The van der Waals surface area contributed by atoms with E-state index in [0.717, 1.165) is 98.3 Å². The third-order valence-electron chi connectivity index (χ3n) is 14.4. The molecule has 21 aromatic rings. The van der Waals surface area contributed by atoms with Crippen molar-refractivity contribution in [3.63, 3.8) is 0 Å². The monoisotopic (exact) mass is 947 g/mol. The second-order valence-electron chi connectivity index (χ2n) is 18.8. The molecular formula is C65H40F3N5. The number of halogens is 3. The molecule has 73 heavy (non-hydrogen) atoms. The Bertz CT molecular complexity index is 4710. The van der Waals surface area contributed by atoms with Gasteiger partial charge >= 0.3 is 6.18 Å². The van der Waals surface area contributed by atoms with Crippen molar-refractivity contribution in [1.29, 1.82) is 0 Å². The second-order valence-corrected chi connectivity index (χ2v) is 18.8. The van der Waals surface area contributed by atoms with Gasteiger partial charge in [0.15, 0.2) is 17.1 Å². The summed E-state index contributed by atoms with van der Waals surface area (Å²) in [4.78, 5) is 15.6. The first kappa shape index (κ1) is 42.5.